The Morgan fingerprint density at radius 1 is 1.12 bits per heavy atom. The molecule has 4 heteroatoms. The maximum Gasteiger partial charge on any atom is 0.210 e. The number of carbonyl (C=O) groups is 1. The van der Waals surface area contributed by atoms with Crippen molar-refractivity contribution >= 4 is 12.1 Å². The molecule has 90 valence electrons. The number of fused-ring (bicyclic) bond motifs is 2. The minimum atomic E-state index is -0.205. The molecule has 0 saturated carbocycles. The third-order valence-electron chi connectivity index (χ3n) is 3.85. The van der Waals surface area contributed by atoms with E-state index in [9.17, 15) is 9.18 Å². The number of hydrogen-bond acceptors (Lipinski definition) is 2. The van der Waals surface area contributed by atoms with Crippen LogP contribution in [0.2, 0.25) is 0 Å². The van der Waals surface area contributed by atoms with Gasteiger partial charge in [0.1, 0.15) is 5.82 Å². The number of rotatable bonds is 2. The summed E-state index contributed by atoms with van der Waals surface area (Å²) >= 11 is 0. The molecule has 2 fully saturated rings. The number of hydrogen-bond donors (Lipinski definition) is 0. The van der Waals surface area contributed by atoms with Gasteiger partial charge in [-0.2, -0.15) is 0 Å². The van der Waals surface area contributed by atoms with Gasteiger partial charge in [0.05, 0.1) is 0 Å². The molecule has 1 aromatic rings. The summed E-state index contributed by atoms with van der Waals surface area (Å²) in [6.07, 6.45) is 3.15. The second kappa shape index (κ2) is 4.02. The summed E-state index contributed by atoms with van der Waals surface area (Å²) in [5.41, 5.74) is 1.05. The van der Waals surface area contributed by atoms with Crippen LogP contribution in [0.4, 0.5) is 10.1 Å². The van der Waals surface area contributed by atoms with E-state index >= 15 is 0 Å². The average molecular weight is 234 g/mol. The first-order valence-corrected chi connectivity index (χ1v) is 6.01. The third kappa shape index (κ3) is 1.77. The van der Waals surface area contributed by atoms with Crippen molar-refractivity contribution in [3.8, 4) is 0 Å². The molecule has 3 rings (SSSR count). The van der Waals surface area contributed by atoms with Crippen LogP contribution in [-0.2, 0) is 4.79 Å². The number of carbonyl (C=O) groups excluding carboxylic acids is 1. The van der Waals surface area contributed by atoms with Gasteiger partial charge in [-0.25, -0.2) is 4.39 Å². The summed E-state index contributed by atoms with van der Waals surface area (Å²) in [6.45, 7) is 1.72. The van der Waals surface area contributed by atoms with E-state index in [0.29, 0.717) is 12.1 Å². The number of piperazine rings is 1. The molecule has 0 N–H and O–H groups in total. The molecule has 0 spiro atoms. The Balaban J connectivity index is 1.79. The Hall–Kier alpha value is -1.58. The van der Waals surface area contributed by atoms with Gasteiger partial charge in [0.15, 0.2) is 0 Å². The Kier molecular flexibility index (Phi) is 2.50. The Bertz CT molecular complexity index is 406. The molecular formula is C13H15FN2O. The second-order valence-electron chi connectivity index (χ2n) is 4.82. The van der Waals surface area contributed by atoms with Crippen molar-refractivity contribution in [2.75, 3.05) is 18.0 Å². The predicted molar refractivity (Wildman–Crippen MR) is 63.3 cm³/mol. The molecule has 0 aromatic heterocycles. The van der Waals surface area contributed by atoms with Crippen molar-refractivity contribution in [1.82, 2.24) is 4.90 Å². The van der Waals surface area contributed by atoms with Crippen LogP contribution in [0.15, 0.2) is 24.3 Å². The first-order chi connectivity index (χ1) is 8.28. The fourth-order valence-electron chi connectivity index (χ4n) is 2.97. The van der Waals surface area contributed by atoms with Crippen LogP contribution >= 0.6 is 0 Å². The maximum absolute atomic E-state index is 12.9. The third-order valence-corrected chi connectivity index (χ3v) is 3.85. The van der Waals surface area contributed by atoms with Crippen LogP contribution in [0.3, 0.4) is 0 Å². The van der Waals surface area contributed by atoms with Crippen molar-refractivity contribution in [3.63, 3.8) is 0 Å². The predicted octanol–water partition coefficient (Wildman–Crippen LogP) is 1.64. The van der Waals surface area contributed by atoms with Gasteiger partial charge < -0.3 is 9.80 Å². The van der Waals surface area contributed by atoms with E-state index in [2.05, 4.69) is 4.90 Å². The van der Waals surface area contributed by atoms with E-state index < -0.39 is 0 Å². The summed E-state index contributed by atoms with van der Waals surface area (Å²) in [7, 11) is 0. The van der Waals surface area contributed by atoms with E-state index in [-0.39, 0.29) is 5.82 Å². The molecule has 3 nitrogen and oxygen atoms in total. The van der Waals surface area contributed by atoms with E-state index in [0.717, 1.165) is 38.0 Å². The lowest BCUT2D eigenvalue weighted by Gasteiger charge is -2.40. The molecule has 0 radical (unpaired) electrons. The van der Waals surface area contributed by atoms with E-state index in [1.807, 2.05) is 17.0 Å². The molecular weight excluding hydrogens is 219 g/mol. The standard InChI is InChI=1S/C13H15FN2O/c14-10-1-3-11(4-2-10)15-7-12-5-6-13(8-15)16(12)9-17/h1-4,9,12-13H,5-8H2/t12-,13+. The van der Waals surface area contributed by atoms with E-state index in [4.69, 9.17) is 0 Å². The zero-order valence-corrected chi connectivity index (χ0v) is 9.55. The average Bonchev–Trinajstić information content (AvgIpc) is 2.59. The first-order valence-electron chi connectivity index (χ1n) is 6.01. The van der Waals surface area contributed by atoms with Crippen molar-refractivity contribution in [3.05, 3.63) is 30.1 Å². The normalized spacial score (nSPS) is 27.4. The minimum absolute atomic E-state index is 0.205. The highest BCUT2D eigenvalue weighted by molar-refractivity contribution is 5.54. The smallest absolute Gasteiger partial charge is 0.210 e. The second-order valence-corrected chi connectivity index (χ2v) is 4.82. The minimum Gasteiger partial charge on any atom is -0.367 e. The zero-order chi connectivity index (χ0) is 11.8. The number of amides is 1. The molecule has 2 bridgehead atoms. The molecule has 0 aliphatic carbocycles. The molecule has 2 heterocycles. The van der Waals surface area contributed by atoms with Gasteiger partial charge in [-0.05, 0) is 37.1 Å². The molecule has 2 aliphatic heterocycles. The van der Waals surface area contributed by atoms with Gasteiger partial charge in [-0.15, -0.1) is 0 Å². The fourth-order valence-corrected chi connectivity index (χ4v) is 2.97. The topological polar surface area (TPSA) is 23.6 Å². The highest BCUT2D eigenvalue weighted by atomic mass is 19.1. The maximum atomic E-state index is 12.9. The van der Waals surface area contributed by atoms with Crippen molar-refractivity contribution in [2.45, 2.75) is 24.9 Å². The molecule has 17 heavy (non-hydrogen) atoms. The van der Waals surface area contributed by atoms with Gasteiger partial charge in [-0.1, -0.05) is 0 Å². The summed E-state index contributed by atoms with van der Waals surface area (Å²) in [6, 6.07) is 7.26. The van der Waals surface area contributed by atoms with Crippen LogP contribution in [-0.4, -0.2) is 36.5 Å². The molecule has 1 aromatic carbocycles. The highest BCUT2D eigenvalue weighted by Gasteiger charge is 2.38. The van der Waals surface area contributed by atoms with Crippen molar-refractivity contribution < 1.29 is 9.18 Å². The summed E-state index contributed by atoms with van der Waals surface area (Å²) in [5.74, 6) is -0.205. The zero-order valence-electron chi connectivity index (χ0n) is 9.55. The van der Waals surface area contributed by atoms with Gasteiger partial charge in [0.2, 0.25) is 6.41 Å². The first kappa shape index (κ1) is 10.6. The lowest BCUT2D eigenvalue weighted by Crippen LogP contribution is -2.53. The fraction of sp³-hybridized carbons (Fsp3) is 0.462. The van der Waals surface area contributed by atoms with E-state index in [1.165, 1.54) is 12.1 Å². The summed E-state index contributed by atoms with van der Waals surface area (Å²) in [4.78, 5) is 15.2. The molecule has 2 atom stereocenters. The number of benzene rings is 1. The van der Waals surface area contributed by atoms with Crippen LogP contribution < -0.4 is 4.90 Å². The Labute approximate surface area is 99.8 Å². The number of nitrogens with zero attached hydrogens (tertiary/aromatic N) is 2. The van der Waals surface area contributed by atoms with Gasteiger partial charge in [0.25, 0.3) is 0 Å². The highest BCUT2D eigenvalue weighted by Crippen LogP contribution is 2.31. The number of anilines is 1. The van der Waals surface area contributed by atoms with Gasteiger partial charge in [-0.3, -0.25) is 4.79 Å². The van der Waals surface area contributed by atoms with Crippen molar-refractivity contribution in [1.29, 1.82) is 0 Å². The monoisotopic (exact) mass is 234 g/mol. The van der Waals surface area contributed by atoms with Crippen LogP contribution in [0.1, 0.15) is 12.8 Å². The molecule has 2 aliphatic rings. The van der Waals surface area contributed by atoms with Gasteiger partial charge in [0, 0.05) is 30.9 Å². The van der Waals surface area contributed by atoms with Crippen molar-refractivity contribution in [2.24, 2.45) is 0 Å². The molecule has 0 unspecified atom stereocenters. The van der Waals surface area contributed by atoms with Crippen LogP contribution in [0.5, 0.6) is 0 Å². The summed E-state index contributed by atoms with van der Waals surface area (Å²) < 4.78 is 12.9. The molecule has 2 saturated heterocycles. The lowest BCUT2D eigenvalue weighted by molar-refractivity contribution is -0.121. The Morgan fingerprint density at radius 3 is 2.24 bits per heavy atom. The lowest BCUT2D eigenvalue weighted by atomic mass is 10.1. The van der Waals surface area contributed by atoms with Gasteiger partial charge >= 0.3 is 0 Å². The molecule has 1 amide bonds. The summed E-state index contributed by atoms with van der Waals surface area (Å²) in [5, 5.41) is 0. The largest absolute Gasteiger partial charge is 0.367 e. The van der Waals surface area contributed by atoms with Crippen LogP contribution in [0.25, 0.3) is 0 Å². The van der Waals surface area contributed by atoms with E-state index in [1.54, 1.807) is 0 Å². The Morgan fingerprint density at radius 2 is 1.71 bits per heavy atom. The SMILES string of the molecule is O=CN1[C@@H]2CC[C@H]1CN(c1ccc(F)cc1)C2. The quantitative estimate of drug-likeness (QED) is 0.726. The number of halogens is 1. The van der Waals surface area contributed by atoms with Crippen LogP contribution in [0, 0.1) is 5.82 Å².